The Hall–Kier alpha value is -0.790. The molecule has 0 radical (unpaired) electrons. The highest BCUT2D eigenvalue weighted by Gasteiger charge is 2.33. The van der Waals surface area contributed by atoms with Crippen LogP contribution in [0.2, 0.25) is 0 Å². The topological polar surface area (TPSA) is 21.6 Å². The van der Waals surface area contributed by atoms with Crippen molar-refractivity contribution in [2.24, 2.45) is 4.99 Å². The highest BCUT2D eigenvalue weighted by atomic mass is 16.5. The van der Waals surface area contributed by atoms with Gasteiger partial charge in [0.15, 0.2) is 5.90 Å². The zero-order valence-electron chi connectivity index (χ0n) is 6.84. The molecular formula is C9H13NO. The van der Waals surface area contributed by atoms with E-state index < -0.39 is 0 Å². The maximum absolute atomic E-state index is 5.53. The van der Waals surface area contributed by atoms with Crippen molar-refractivity contribution in [2.75, 3.05) is 0 Å². The van der Waals surface area contributed by atoms with Gasteiger partial charge in [0.1, 0.15) is 6.10 Å². The SMILES string of the molecule is C=C1CCCC2N=C(C)OC12. The van der Waals surface area contributed by atoms with Crippen LogP contribution in [0.4, 0.5) is 0 Å². The molecule has 2 aliphatic rings. The minimum Gasteiger partial charge on any atom is -0.471 e. The summed E-state index contributed by atoms with van der Waals surface area (Å²) in [6.07, 6.45) is 3.72. The molecule has 0 saturated heterocycles. The molecule has 0 amide bonds. The van der Waals surface area contributed by atoms with Crippen molar-refractivity contribution in [3.05, 3.63) is 12.2 Å². The molecule has 0 aromatic carbocycles. The molecule has 0 spiro atoms. The minimum absolute atomic E-state index is 0.212. The van der Waals surface area contributed by atoms with Crippen molar-refractivity contribution in [1.82, 2.24) is 0 Å². The molecule has 2 atom stereocenters. The Labute approximate surface area is 67.0 Å². The first-order valence-electron chi connectivity index (χ1n) is 4.16. The smallest absolute Gasteiger partial charge is 0.181 e. The third-order valence-electron chi connectivity index (χ3n) is 2.39. The van der Waals surface area contributed by atoms with Crippen LogP contribution >= 0.6 is 0 Å². The summed E-state index contributed by atoms with van der Waals surface area (Å²) in [6.45, 7) is 5.92. The van der Waals surface area contributed by atoms with E-state index in [4.69, 9.17) is 4.74 Å². The second-order valence-electron chi connectivity index (χ2n) is 3.30. The summed E-state index contributed by atoms with van der Waals surface area (Å²) in [5, 5.41) is 0. The van der Waals surface area contributed by atoms with Crippen LogP contribution in [0, 0.1) is 0 Å². The minimum atomic E-state index is 0.212. The average molecular weight is 151 g/mol. The van der Waals surface area contributed by atoms with Gasteiger partial charge in [0.2, 0.25) is 0 Å². The Balaban J connectivity index is 2.16. The molecular weight excluding hydrogens is 138 g/mol. The van der Waals surface area contributed by atoms with E-state index in [0.717, 1.165) is 12.3 Å². The van der Waals surface area contributed by atoms with Gasteiger partial charge in [0, 0.05) is 6.92 Å². The van der Waals surface area contributed by atoms with Gasteiger partial charge in [-0.2, -0.15) is 0 Å². The lowest BCUT2D eigenvalue weighted by molar-refractivity contribution is 0.202. The number of hydrogen-bond acceptors (Lipinski definition) is 2. The zero-order valence-corrected chi connectivity index (χ0v) is 6.84. The summed E-state index contributed by atoms with van der Waals surface area (Å²) in [4.78, 5) is 4.39. The second-order valence-corrected chi connectivity index (χ2v) is 3.30. The third kappa shape index (κ3) is 1.06. The Morgan fingerprint density at radius 2 is 2.45 bits per heavy atom. The average Bonchev–Trinajstić information content (AvgIpc) is 2.31. The van der Waals surface area contributed by atoms with Gasteiger partial charge in [-0.05, 0) is 24.8 Å². The van der Waals surface area contributed by atoms with Gasteiger partial charge in [-0.25, -0.2) is 4.99 Å². The third-order valence-corrected chi connectivity index (χ3v) is 2.39. The highest BCUT2D eigenvalue weighted by molar-refractivity contribution is 5.75. The van der Waals surface area contributed by atoms with E-state index in [1.807, 2.05) is 6.92 Å². The van der Waals surface area contributed by atoms with E-state index in [-0.39, 0.29) is 6.10 Å². The van der Waals surface area contributed by atoms with Crippen molar-refractivity contribution in [3.63, 3.8) is 0 Å². The molecule has 2 rings (SSSR count). The first-order valence-corrected chi connectivity index (χ1v) is 4.16. The summed E-state index contributed by atoms with van der Waals surface area (Å²) < 4.78 is 5.53. The van der Waals surface area contributed by atoms with Crippen LogP contribution in [0.5, 0.6) is 0 Å². The van der Waals surface area contributed by atoms with Crippen molar-refractivity contribution in [2.45, 2.75) is 38.3 Å². The monoisotopic (exact) mass is 151 g/mol. The Kier molecular flexibility index (Phi) is 1.48. The number of hydrogen-bond donors (Lipinski definition) is 0. The predicted octanol–water partition coefficient (Wildman–Crippen LogP) is 1.91. The molecule has 0 bridgehead atoms. The molecule has 2 nitrogen and oxygen atoms in total. The van der Waals surface area contributed by atoms with Crippen LogP contribution in [-0.2, 0) is 4.74 Å². The largest absolute Gasteiger partial charge is 0.471 e. The van der Waals surface area contributed by atoms with Gasteiger partial charge in [0.25, 0.3) is 0 Å². The first-order chi connectivity index (χ1) is 5.27. The highest BCUT2D eigenvalue weighted by Crippen LogP contribution is 2.31. The quantitative estimate of drug-likeness (QED) is 0.485. The molecule has 1 saturated carbocycles. The Bertz CT molecular complexity index is 220. The molecule has 1 fully saturated rings. The molecule has 0 N–H and O–H groups in total. The van der Waals surface area contributed by atoms with E-state index in [0.29, 0.717) is 6.04 Å². The van der Waals surface area contributed by atoms with Crippen LogP contribution < -0.4 is 0 Å². The second kappa shape index (κ2) is 2.36. The summed E-state index contributed by atoms with van der Waals surface area (Å²) in [5.41, 5.74) is 1.22. The normalized spacial score (nSPS) is 36.1. The number of nitrogens with zero attached hydrogens (tertiary/aromatic N) is 1. The van der Waals surface area contributed by atoms with E-state index in [1.165, 1.54) is 18.4 Å². The van der Waals surface area contributed by atoms with Crippen LogP contribution in [0.3, 0.4) is 0 Å². The van der Waals surface area contributed by atoms with E-state index >= 15 is 0 Å². The van der Waals surface area contributed by atoms with Gasteiger partial charge in [-0.3, -0.25) is 0 Å². The lowest BCUT2D eigenvalue weighted by Gasteiger charge is -2.24. The molecule has 0 aromatic rings. The number of aliphatic imine (C=N–C) groups is 1. The first kappa shape index (κ1) is 6.89. The summed E-state index contributed by atoms with van der Waals surface area (Å²) in [5.74, 6) is 0.836. The van der Waals surface area contributed by atoms with Gasteiger partial charge in [0.05, 0.1) is 6.04 Å². The molecule has 11 heavy (non-hydrogen) atoms. The molecule has 0 aromatic heterocycles. The molecule has 2 heteroatoms. The van der Waals surface area contributed by atoms with E-state index in [1.54, 1.807) is 0 Å². The molecule has 1 aliphatic carbocycles. The van der Waals surface area contributed by atoms with Gasteiger partial charge in [-0.1, -0.05) is 6.58 Å². The van der Waals surface area contributed by atoms with Crippen molar-refractivity contribution >= 4 is 5.90 Å². The summed E-state index contributed by atoms with van der Waals surface area (Å²) in [6, 6.07) is 0.385. The molecule has 1 heterocycles. The maximum atomic E-state index is 5.53. The van der Waals surface area contributed by atoms with Gasteiger partial charge in [-0.15, -0.1) is 0 Å². The lowest BCUT2D eigenvalue weighted by atomic mass is 9.90. The number of rotatable bonds is 0. The van der Waals surface area contributed by atoms with Crippen molar-refractivity contribution in [3.8, 4) is 0 Å². The molecule has 60 valence electrons. The zero-order chi connectivity index (χ0) is 7.84. The lowest BCUT2D eigenvalue weighted by Crippen LogP contribution is -2.28. The van der Waals surface area contributed by atoms with Crippen LogP contribution in [-0.4, -0.2) is 18.0 Å². The Morgan fingerprint density at radius 1 is 1.64 bits per heavy atom. The van der Waals surface area contributed by atoms with Crippen LogP contribution in [0.25, 0.3) is 0 Å². The van der Waals surface area contributed by atoms with E-state index in [2.05, 4.69) is 11.6 Å². The van der Waals surface area contributed by atoms with E-state index in [9.17, 15) is 0 Å². The predicted molar refractivity (Wildman–Crippen MR) is 44.8 cm³/mol. The fourth-order valence-electron chi connectivity index (χ4n) is 1.85. The van der Waals surface area contributed by atoms with Crippen LogP contribution in [0.15, 0.2) is 17.1 Å². The van der Waals surface area contributed by atoms with Gasteiger partial charge < -0.3 is 4.74 Å². The van der Waals surface area contributed by atoms with Gasteiger partial charge >= 0.3 is 0 Å². The fourth-order valence-corrected chi connectivity index (χ4v) is 1.85. The molecule has 1 aliphatic heterocycles. The van der Waals surface area contributed by atoms with Crippen molar-refractivity contribution < 1.29 is 4.74 Å². The van der Waals surface area contributed by atoms with Crippen molar-refractivity contribution in [1.29, 1.82) is 0 Å². The summed E-state index contributed by atoms with van der Waals surface area (Å²) in [7, 11) is 0. The standard InChI is InChI=1S/C9H13NO/c1-6-4-3-5-8-9(6)11-7(2)10-8/h8-9H,1,3-5H2,2H3. The maximum Gasteiger partial charge on any atom is 0.181 e. The fraction of sp³-hybridized carbons (Fsp3) is 0.667. The van der Waals surface area contributed by atoms with Crippen LogP contribution in [0.1, 0.15) is 26.2 Å². The Morgan fingerprint density at radius 3 is 3.18 bits per heavy atom. The number of fused-ring (bicyclic) bond motifs is 1. The molecule has 2 unspecified atom stereocenters. The number of ether oxygens (including phenoxy) is 1. The summed E-state index contributed by atoms with van der Waals surface area (Å²) >= 11 is 0.